The van der Waals surface area contributed by atoms with E-state index in [1.165, 1.54) is 25.7 Å². The van der Waals surface area contributed by atoms with Crippen molar-refractivity contribution in [1.82, 2.24) is 5.32 Å². The van der Waals surface area contributed by atoms with Crippen molar-refractivity contribution in [1.29, 1.82) is 0 Å². The molecule has 0 radical (unpaired) electrons. The highest BCUT2D eigenvalue weighted by Crippen LogP contribution is 2.36. The highest BCUT2D eigenvalue weighted by atomic mass is 16.1. The van der Waals surface area contributed by atoms with E-state index in [-0.39, 0.29) is 5.91 Å². The van der Waals surface area contributed by atoms with E-state index in [9.17, 15) is 4.79 Å². The number of amides is 1. The van der Waals surface area contributed by atoms with Crippen LogP contribution in [0, 0.1) is 5.41 Å². The van der Waals surface area contributed by atoms with Crippen molar-refractivity contribution < 1.29 is 4.79 Å². The monoisotopic (exact) mass is 274 g/mol. The molecule has 2 N–H and O–H groups in total. The van der Waals surface area contributed by atoms with E-state index in [1.54, 1.807) is 0 Å². The maximum absolute atomic E-state index is 11.7. The van der Waals surface area contributed by atoms with Crippen molar-refractivity contribution in [2.24, 2.45) is 5.41 Å². The van der Waals surface area contributed by atoms with Crippen LogP contribution in [0.5, 0.6) is 0 Å². The lowest BCUT2D eigenvalue weighted by Crippen LogP contribution is -2.31. The summed E-state index contributed by atoms with van der Waals surface area (Å²) in [7, 11) is 0. The maximum Gasteiger partial charge on any atom is 0.251 e. The van der Waals surface area contributed by atoms with Gasteiger partial charge in [0.05, 0.1) is 0 Å². The molecular formula is C17H26N2O. The number of hydrogen-bond donors (Lipinski definition) is 2. The average Bonchev–Trinajstić information content (AvgIpc) is 2.38. The van der Waals surface area contributed by atoms with Crippen LogP contribution in [-0.2, 0) is 0 Å². The lowest BCUT2D eigenvalue weighted by atomic mass is 9.75. The second kappa shape index (κ2) is 6.29. The first kappa shape index (κ1) is 14.9. The Hall–Kier alpha value is -1.51. The number of carbonyl (C=O) groups is 1. The van der Waals surface area contributed by atoms with Gasteiger partial charge in [-0.1, -0.05) is 20.3 Å². The molecule has 3 nitrogen and oxygen atoms in total. The van der Waals surface area contributed by atoms with Crippen molar-refractivity contribution in [3.8, 4) is 0 Å². The number of carbonyl (C=O) groups excluding carboxylic acids is 1. The van der Waals surface area contributed by atoms with Crippen LogP contribution < -0.4 is 10.6 Å². The largest absolute Gasteiger partial charge is 0.382 e. The van der Waals surface area contributed by atoms with Crippen LogP contribution in [0.3, 0.4) is 0 Å². The fourth-order valence-corrected chi connectivity index (χ4v) is 3.04. The van der Waals surface area contributed by atoms with E-state index >= 15 is 0 Å². The normalized spacial score (nSPS) is 21.2. The van der Waals surface area contributed by atoms with E-state index < -0.39 is 0 Å². The van der Waals surface area contributed by atoms with Gasteiger partial charge in [0.1, 0.15) is 0 Å². The van der Waals surface area contributed by atoms with Crippen LogP contribution in [0.2, 0.25) is 0 Å². The van der Waals surface area contributed by atoms with Gasteiger partial charge in [-0.3, -0.25) is 4.79 Å². The van der Waals surface area contributed by atoms with Crippen molar-refractivity contribution in [3.05, 3.63) is 29.8 Å². The lowest BCUT2D eigenvalue weighted by molar-refractivity contribution is 0.0956. The Morgan fingerprint density at radius 1 is 1.30 bits per heavy atom. The van der Waals surface area contributed by atoms with Gasteiger partial charge in [-0.05, 0) is 55.9 Å². The second-order valence-corrected chi connectivity index (χ2v) is 6.54. The van der Waals surface area contributed by atoms with E-state index in [1.807, 2.05) is 31.2 Å². The minimum absolute atomic E-state index is 0.00199. The Bertz CT molecular complexity index is 451. The molecule has 1 unspecified atom stereocenters. The molecule has 0 aliphatic heterocycles. The van der Waals surface area contributed by atoms with Crippen LogP contribution in [0.4, 0.5) is 5.69 Å². The van der Waals surface area contributed by atoms with Crippen LogP contribution in [0.15, 0.2) is 24.3 Å². The van der Waals surface area contributed by atoms with Gasteiger partial charge in [0.15, 0.2) is 0 Å². The van der Waals surface area contributed by atoms with Gasteiger partial charge in [-0.25, -0.2) is 0 Å². The zero-order valence-corrected chi connectivity index (χ0v) is 12.8. The molecule has 1 atom stereocenters. The van der Waals surface area contributed by atoms with Crippen molar-refractivity contribution in [2.45, 2.75) is 52.5 Å². The topological polar surface area (TPSA) is 41.1 Å². The Labute approximate surface area is 122 Å². The summed E-state index contributed by atoms with van der Waals surface area (Å²) in [6.45, 7) is 7.28. The minimum atomic E-state index is -0.00199. The molecule has 1 amide bonds. The second-order valence-electron chi connectivity index (χ2n) is 6.54. The van der Waals surface area contributed by atoms with Crippen molar-refractivity contribution in [3.63, 3.8) is 0 Å². The van der Waals surface area contributed by atoms with Crippen molar-refractivity contribution >= 4 is 11.6 Å². The summed E-state index contributed by atoms with van der Waals surface area (Å²) in [5.41, 5.74) is 2.28. The standard InChI is InChI=1S/C17H26N2O/c1-4-18-16(20)13-7-9-14(10-8-13)19-15-6-5-11-17(2,3)12-15/h7-10,15,19H,4-6,11-12H2,1-3H3,(H,18,20). The molecule has 0 bridgehead atoms. The van der Waals surface area contributed by atoms with Crippen LogP contribution in [-0.4, -0.2) is 18.5 Å². The number of benzene rings is 1. The molecule has 110 valence electrons. The SMILES string of the molecule is CCNC(=O)c1ccc(NC2CCCC(C)(C)C2)cc1. The Morgan fingerprint density at radius 3 is 2.60 bits per heavy atom. The average molecular weight is 274 g/mol. The summed E-state index contributed by atoms with van der Waals surface area (Å²) in [5, 5.41) is 6.42. The van der Waals surface area contributed by atoms with Gasteiger partial charge in [0.2, 0.25) is 0 Å². The smallest absolute Gasteiger partial charge is 0.251 e. The Morgan fingerprint density at radius 2 is 2.00 bits per heavy atom. The summed E-state index contributed by atoms with van der Waals surface area (Å²) < 4.78 is 0. The summed E-state index contributed by atoms with van der Waals surface area (Å²) in [6, 6.07) is 8.34. The molecule has 1 aromatic rings. The summed E-state index contributed by atoms with van der Waals surface area (Å²) in [5.74, 6) is -0.00199. The first-order valence-corrected chi connectivity index (χ1v) is 7.65. The summed E-state index contributed by atoms with van der Waals surface area (Å²) in [6.07, 6.45) is 5.07. The van der Waals surface area contributed by atoms with Gasteiger partial charge >= 0.3 is 0 Å². The highest BCUT2D eigenvalue weighted by Gasteiger charge is 2.27. The van der Waals surface area contributed by atoms with Gasteiger partial charge in [-0.15, -0.1) is 0 Å². The van der Waals surface area contributed by atoms with Gasteiger partial charge in [-0.2, -0.15) is 0 Å². The molecule has 1 aliphatic carbocycles. The number of hydrogen-bond acceptors (Lipinski definition) is 2. The van der Waals surface area contributed by atoms with E-state index in [0.717, 1.165) is 11.3 Å². The van der Waals surface area contributed by atoms with Crippen LogP contribution >= 0.6 is 0 Å². The first-order chi connectivity index (χ1) is 9.50. The summed E-state index contributed by atoms with van der Waals surface area (Å²) in [4.78, 5) is 11.7. The molecule has 0 spiro atoms. The molecule has 1 saturated carbocycles. The third-order valence-corrected chi connectivity index (χ3v) is 4.06. The maximum atomic E-state index is 11.7. The molecule has 1 aromatic carbocycles. The van der Waals surface area contributed by atoms with Gasteiger partial charge in [0, 0.05) is 23.8 Å². The predicted molar refractivity (Wildman–Crippen MR) is 84.1 cm³/mol. The molecule has 20 heavy (non-hydrogen) atoms. The fraction of sp³-hybridized carbons (Fsp3) is 0.588. The Balaban J connectivity index is 1.95. The van der Waals surface area contributed by atoms with Crippen molar-refractivity contribution in [2.75, 3.05) is 11.9 Å². The fourth-order valence-electron chi connectivity index (χ4n) is 3.04. The lowest BCUT2D eigenvalue weighted by Gasteiger charge is -2.36. The third kappa shape index (κ3) is 3.99. The zero-order valence-electron chi connectivity index (χ0n) is 12.8. The highest BCUT2D eigenvalue weighted by molar-refractivity contribution is 5.94. The van der Waals surface area contributed by atoms with Crippen LogP contribution in [0.1, 0.15) is 56.8 Å². The van der Waals surface area contributed by atoms with Gasteiger partial charge < -0.3 is 10.6 Å². The van der Waals surface area contributed by atoms with Crippen LogP contribution in [0.25, 0.3) is 0 Å². The number of nitrogens with one attached hydrogen (secondary N) is 2. The first-order valence-electron chi connectivity index (χ1n) is 7.65. The Kier molecular flexibility index (Phi) is 4.69. The molecular weight excluding hydrogens is 248 g/mol. The molecule has 1 fully saturated rings. The molecule has 3 heteroatoms. The van der Waals surface area contributed by atoms with E-state index in [2.05, 4.69) is 24.5 Å². The third-order valence-electron chi connectivity index (χ3n) is 4.06. The molecule has 0 aromatic heterocycles. The minimum Gasteiger partial charge on any atom is -0.382 e. The predicted octanol–water partition coefficient (Wildman–Crippen LogP) is 3.82. The van der Waals surface area contributed by atoms with Gasteiger partial charge in [0.25, 0.3) is 5.91 Å². The van der Waals surface area contributed by atoms with E-state index in [0.29, 0.717) is 18.0 Å². The molecule has 2 rings (SSSR count). The molecule has 0 saturated heterocycles. The zero-order chi connectivity index (χ0) is 14.6. The molecule has 1 aliphatic rings. The summed E-state index contributed by atoms with van der Waals surface area (Å²) >= 11 is 0. The molecule has 0 heterocycles. The number of anilines is 1. The van der Waals surface area contributed by atoms with E-state index in [4.69, 9.17) is 0 Å². The quantitative estimate of drug-likeness (QED) is 0.876. The number of rotatable bonds is 4.